The van der Waals surface area contributed by atoms with Crippen LogP contribution in [-0.2, 0) is 13.0 Å². The van der Waals surface area contributed by atoms with Crippen LogP contribution in [0.2, 0.25) is 0 Å². The molecule has 0 unspecified atom stereocenters. The predicted octanol–water partition coefficient (Wildman–Crippen LogP) is 4.32. The van der Waals surface area contributed by atoms with Gasteiger partial charge in [-0.05, 0) is 50.1 Å². The van der Waals surface area contributed by atoms with Crippen molar-refractivity contribution in [1.29, 1.82) is 0 Å². The molecule has 2 aromatic rings. The van der Waals surface area contributed by atoms with Crippen LogP contribution >= 0.6 is 11.3 Å². The molecule has 0 saturated heterocycles. The Morgan fingerprint density at radius 1 is 1.30 bits per heavy atom. The van der Waals surface area contributed by atoms with Crippen LogP contribution in [0.4, 0.5) is 4.39 Å². The fraction of sp³-hybridized carbons (Fsp3) is 0.438. The molecule has 0 saturated carbocycles. The largest absolute Gasteiger partial charge is 0.312 e. The van der Waals surface area contributed by atoms with Gasteiger partial charge in [0.2, 0.25) is 0 Å². The van der Waals surface area contributed by atoms with E-state index in [-0.39, 0.29) is 5.82 Å². The number of thiazole rings is 1. The van der Waals surface area contributed by atoms with Crippen molar-refractivity contribution in [2.24, 2.45) is 0 Å². The minimum Gasteiger partial charge on any atom is -0.312 e. The molecule has 0 amide bonds. The number of aryl methyl sites for hydroxylation is 2. The van der Waals surface area contributed by atoms with E-state index < -0.39 is 0 Å². The van der Waals surface area contributed by atoms with Crippen molar-refractivity contribution in [1.82, 2.24) is 10.3 Å². The normalized spacial score (nSPS) is 11.0. The van der Waals surface area contributed by atoms with E-state index >= 15 is 0 Å². The molecule has 0 bridgehead atoms. The fourth-order valence-electron chi connectivity index (χ4n) is 2.08. The minimum atomic E-state index is -0.161. The summed E-state index contributed by atoms with van der Waals surface area (Å²) in [7, 11) is 0. The molecule has 0 atom stereocenters. The van der Waals surface area contributed by atoms with E-state index in [1.54, 1.807) is 18.3 Å². The maximum Gasteiger partial charge on any atom is 0.126 e. The number of hydrogen-bond donors (Lipinski definition) is 1. The Morgan fingerprint density at radius 3 is 2.75 bits per heavy atom. The summed E-state index contributed by atoms with van der Waals surface area (Å²) in [5.41, 5.74) is 2.82. The molecule has 0 aliphatic carbocycles. The lowest BCUT2D eigenvalue weighted by molar-refractivity contribution is 0.619. The molecule has 1 aromatic carbocycles. The number of rotatable bonds is 6. The average molecular weight is 292 g/mol. The maximum absolute atomic E-state index is 13.3. The summed E-state index contributed by atoms with van der Waals surface area (Å²) in [4.78, 5) is 5.99. The van der Waals surface area contributed by atoms with Crippen molar-refractivity contribution in [2.75, 3.05) is 6.54 Å². The summed E-state index contributed by atoms with van der Waals surface area (Å²) in [6, 6.07) is 5.20. The minimum absolute atomic E-state index is 0.161. The number of benzene rings is 1. The molecule has 1 heterocycles. The molecule has 108 valence electrons. The molecule has 20 heavy (non-hydrogen) atoms. The number of nitrogens with zero attached hydrogens (tertiary/aromatic N) is 1. The first-order valence-electron chi connectivity index (χ1n) is 7.11. The van der Waals surface area contributed by atoms with E-state index in [4.69, 9.17) is 4.98 Å². The van der Waals surface area contributed by atoms with E-state index in [9.17, 15) is 4.39 Å². The van der Waals surface area contributed by atoms with E-state index in [2.05, 4.69) is 19.2 Å². The second kappa shape index (κ2) is 6.95. The SMILES string of the molecule is CCCNCc1sc(-c2ccc(F)c(C)c2)nc1CC. The Kier molecular flexibility index (Phi) is 5.26. The molecule has 0 fully saturated rings. The van der Waals surface area contributed by atoms with Gasteiger partial charge in [-0.1, -0.05) is 13.8 Å². The zero-order chi connectivity index (χ0) is 14.5. The molecule has 0 aliphatic heterocycles. The smallest absolute Gasteiger partial charge is 0.126 e. The van der Waals surface area contributed by atoms with Gasteiger partial charge in [0, 0.05) is 17.0 Å². The number of hydrogen-bond acceptors (Lipinski definition) is 3. The summed E-state index contributed by atoms with van der Waals surface area (Å²) >= 11 is 1.71. The van der Waals surface area contributed by atoms with Gasteiger partial charge in [0.15, 0.2) is 0 Å². The summed E-state index contributed by atoms with van der Waals surface area (Å²) in [6.07, 6.45) is 2.06. The van der Waals surface area contributed by atoms with Crippen LogP contribution < -0.4 is 5.32 Å². The van der Waals surface area contributed by atoms with Crippen LogP contribution in [0.1, 0.15) is 36.4 Å². The van der Waals surface area contributed by atoms with Gasteiger partial charge >= 0.3 is 0 Å². The molecular weight excluding hydrogens is 271 g/mol. The zero-order valence-corrected chi connectivity index (χ0v) is 13.1. The topological polar surface area (TPSA) is 24.9 Å². The van der Waals surface area contributed by atoms with E-state index in [1.807, 2.05) is 12.1 Å². The zero-order valence-electron chi connectivity index (χ0n) is 12.3. The summed E-state index contributed by atoms with van der Waals surface area (Å²) < 4.78 is 13.3. The number of halogens is 1. The van der Waals surface area contributed by atoms with Gasteiger partial charge in [-0.3, -0.25) is 0 Å². The summed E-state index contributed by atoms with van der Waals surface area (Å²) in [5, 5.41) is 4.41. The summed E-state index contributed by atoms with van der Waals surface area (Å²) in [6.45, 7) is 7.96. The first-order chi connectivity index (χ1) is 9.65. The predicted molar refractivity (Wildman–Crippen MR) is 83.6 cm³/mol. The molecular formula is C16H21FN2S. The standard InChI is InChI=1S/C16H21FN2S/c1-4-8-18-10-15-14(5-2)19-16(20-15)12-6-7-13(17)11(3)9-12/h6-7,9,18H,4-5,8,10H2,1-3H3. The average Bonchev–Trinajstić information content (AvgIpc) is 2.85. The van der Waals surface area contributed by atoms with E-state index in [0.29, 0.717) is 5.56 Å². The molecule has 4 heteroatoms. The van der Waals surface area contributed by atoms with Gasteiger partial charge in [-0.15, -0.1) is 11.3 Å². The summed E-state index contributed by atoms with van der Waals surface area (Å²) in [5.74, 6) is -0.161. The van der Waals surface area contributed by atoms with Gasteiger partial charge in [-0.25, -0.2) is 9.37 Å². The third-order valence-corrected chi connectivity index (χ3v) is 4.38. The Balaban J connectivity index is 2.25. The quantitative estimate of drug-likeness (QED) is 0.802. The van der Waals surface area contributed by atoms with Crippen LogP contribution in [0.5, 0.6) is 0 Å². The molecule has 2 rings (SSSR count). The molecule has 0 radical (unpaired) electrons. The van der Waals surface area contributed by atoms with Crippen molar-refractivity contribution in [3.8, 4) is 10.6 Å². The first kappa shape index (κ1) is 15.1. The molecule has 0 spiro atoms. The maximum atomic E-state index is 13.3. The Hall–Kier alpha value is -1.26. The van der Waals surface area contributed by atoms with Crippen molar-refractivity contribution >= 4 is 11.3 Å². The lowest BCUT2D eigenvalue weighted by Crippen LogP contribution is -2.13. The Labute approximate surface area is 124 Å². The molecule has 1 N–H and O–H groups in total. The van der Waals surface area contributed by atoms with Gasteiger partial charge in [0.25, 0.3) is 0 Å². The number of nitrogens with one attached hydrogen (secondary N) is 1. The van der Waals surface area contributed by atoms with Gasteiger partial charge in [-0.2, -0.15) is 0 Å². The molecule has 2 nitrogen and oxygen atoms in total. The van der Waals surface area contributed by atoms with Crippen LogP contribution in [0.25, 0.3) is 10.6 Å². The number of aromatic nitrogens is 1. The highest BCUT2D eigenvalue weighted by Crippen LogP contribution is 2.29. The highest BCUT2D eigenvalue weighted by molar-refractivity contribution is 7.15. The Bertz CT molecular complexity index is 578. The fourth-order valence-corrected chi connectivity index (χ4v) is 3.19. The van der Waals surface area contributed by atoms with Gasteiger partial charge in [0.1, 0.15) is 10.8 Å². The molecule has 1 aromatic heterocycles. The van der Waals surface area contributed by atoms with Crippen LogP contribution in [0.15, 0.2) is 18.2 Å². The third kappa shape index (κ3) is 3.44. The highest BCUT2D eigenvalue weighted by Gasteiger charge is 2.11. The lowest BCUT2D eigenvalue weighted by atomic mass is 10.1. The first-order valence-corrected chi connectivity index (χ1v) is 7.93. The van der Waals surface area contributed by atoms with E-state index in [0.717, 1.165) is 42.2 Å². The lowest BCUT2D eigenvalue weighted by Gasteiger charge is -2.01. The van der Waals surface area contributed by atoms with Crippen molar-refractivity contribution in [3.05, 3.63) is 40.2 Å². The molecule has 0 aliphatic rings. The van der Waals surface area contributed by atoms with Crippen LogP contribution in [0, 0.1) is 12.7 Å². The third-order valence-electron chi connectivity index (χ3n) is 3.23. The van der Waals surface area contributed by atoms with Crippen LogP contribution in [-0.4, -0.2) is 11.5 Å². The Morgan fingerprint density at radius 2 is 2.10 bits per heavy atom. The second-order valence-corrected chi connectivity index (χ2v) is 5.97. The monoisotopic (exact) mass is 292 g/mol. The van der Waals surface area contributed by atoms with Gasteiger partial charge < -0.3 is 5.32 Å². The highest BCUT2D eigenvalue weighted by atomic mass is 32.1. The van der Waals surface area contributed by atoms with Crippen molar-refractivity contribution < 1.29 is 4.39 Å². The van der Waals surface area contributed by atoms with E-state index in [1.165, 1.54) is 10.9 Å². The van der Waals surface area contributed by atoms with Crippen molar-refractivity contribution in [3.63, 3.8) is 0 Å². The van der Waals surface area contributed by atoms with Crippen molar-refractivity contribution in [2.45, 2.75) is 40.2 Å². The van der Waals surface area contributed by atoms with Crippen LogP contribution in [0.3, 0.4) is 0 Å². The second-order valence-electron chi connectivity index (χ2n) is 4.88. The van der Waals surface area contributed by atoms with Gasteiger partial charge in [0.05, 0.1) is 5.69 Å².